The summed E-state index contributed by atoms with van der Waals surface area (Å²) < 4.78 is 16.2. The first kappa shape index (κ1) is 20.1. The monoisotopic (exact) mass is 363 g/mol. The number of nitrogens with one attached hydrogen (secondary N) is 1. The summed E-state index contributed by atoms with van der Waals surface area (Å²) in [6, 6.07) is 4.39. The number of methoxy groups -OCH3 is 2. The van der Waals surface area contributed by atoms with Gasteiger partial charge in [-0.1, -0.05) is 13.8 Å². The smallest absolute Gasteiger partial charge is 0.328 e. The van der Waals surface area contributed by atoms with E-state index in [2.05, 4.69) is 5.32 Å². The lowest BCUT2D eigenvalue weighted by Crippen LogP contribution is -2.42. The van der Waals surface area contributed by atoms with E-state index in [9.17, 15) is 9.59 Å². The Hall–Kier alpha value is -2.24. The average Bonchev–Trinajstić information content (AvgIpc) is 3.13. The molecule has 0 bridgehead atoms. The van der Waals surface area contributed by atoms with Crippen LogP contribution in [0.2, 0.25) is 0 Å². The van der Waals surface area contributed by atoms with Gasteiger partial charge in [-0.2, -0.15) is 0 Å². The van der Waals surface area contributed by atoms with E-state index in [4.69, 9.17) is 14.2 Å². The molecule has 1 aliphatic rings. The molecule has 6 nitrogen and oxygen atoms in total. The van der Waals surface area contributed by atoms with Crippen LogP contribution in [0.1, 0.15) is 56.3 Å². The lowest BCUT2D eigenvalue weighted by atomic mass is 10.0. The van der Waals surface area contributed by atoms with Gasteiger partial charge in [0.2, 0.25) is 0 Å². The number of esters is 1. The highest BCUT2D eigenvalue weighted by atomic mass is 16.5. The number of benzene rings is 1. The second-order valence-corrected chi connectivity index (χ2v) is 7.07. The molecule has 0 aromatic heterocycles. The Balaban J connectivity index is 2.14. The van der Waals surface area contributed by atoms with E-state index in [1.165, 1.54) is 7.11 Å². The molecule has 144 valence electrons. The van der Waals surface area contributed by atoms with Crippen molar-refractivity contribution in [3.8, 4) is 11.5 Å². The molecule has 1 aromatic carbocycles. The number of carbonyl (C=O) groups excluding carboxylic acids is 2. The van der Waals surface area contributed by atoms with E-state index < -0.39 is 12.0 Å². The molecule has 1 unspecified atom stereocenters. The van der Waals surface area contributed by atoms with E-state index in [-0.39, 0.29) is 17.9 Å². The first-order valence-electron chi connectivity index (χ1n) is 9.18. The summed E-state index contributed by atoms with van der Waals surface area (Å²) in [5, 5.41) is 2.76. The zero-order chi connectivity index (χ0) is 19.1. The van der Waals surface area contributed by atoms with Crippen LogP contribution in [0.4, 0.5) is 0 Å². The van der Waals surface area contributed by atoms with Crippen LogP contribution in [0.5, 0.6) is 11.5 Å². The van der Waals surface area contributed by atoms with Crippen LogP contribution in [0.15, 0.2) is 18.2 Å². The third-order valence-corrected chi connectivity index (χ3v) is 4.52. The van der Waals surface area contributed by atoms with Gasteiger partial charge in [0.1, 0.15) is 6.04 Å². The first-order chi connectivity index (χ1) is 12.4. The maximum atomic E-state index is 12.6. The van der Waals surface area contributed by atoms with Gasteiger partial charge in [0, 0.05) is 5.56 Å². The van der Waals surface area contributed by atoms with Gasteiger partial charge in [-0.15, -0.1) is 0 Å². The van der Waals surface area contributed by atoms with Gasteiger partial charge < -0.3 is 19.5 Å². The van der Waals surface area contributed by atoms with Crippen LogP contribution in [0.3, 0.4) is 0 Å². The molecule has 26 heavy (non-hydrogen) atoms. The largest absolute Gasteiger partial charge is 0.493 e. The van der Waals surface area contributed by atoms with Crippen LogP contribution in [-0.4, -0.2) is 38.2 Å². The van der Waals surface area contributed by atoms with Crippen molar-refractivity contribution in [2.24, 2.45) is 5.92 Å². The van der Waals surface area contributed by atoms with Crippen molar-refractivity contribution >= 4 is 11.9 Å². The molecule has 1 aliphatic carbocycles. The molecule has 0 saturated heterocycles. The van der Waals surface area contributed by atoms with Crippen molar-refractivity contribution in [1.29, 1.82) is 0 Å². The van der Waals surface area contributed by atoms with Crippen molar-refractivity contribution in [3.05, 3.63) is 23.8 Å². The lowest BCUT2D eigenvalue weighted by Gasteiger charge is -2.19. The number of ether oxygens (including phenoxy) is 3. The molecular formula is C20H29NO5. The highest BCUT2D eigenvalue weighted by Crippen LogP contribution is 2.32. The fourth-order valence-corrected chi connectivity index (χ4v) is 3.17. The molecular weight excluding hydrogens is 334 g/mol. The molecule has 0 heterocycles. The summed E-state index contributed by atoms with van der Waals surface area (Å²) in [7, 11) is 2.90. The summed E-state index contributed by atoms with van der Waals surface area (Å²) in [5.74, 6) is 0.630. The van der Waals surface area contributed by atoms with Crippen molar-refractivity contribution in [2.75, 3.05) is 14.2 Å². The molecule has 0 radical (unpaired) electrons. The minimum Gasteiger partial charge on any atom is -0.493 e. The Morgan fingerprint density at radius 1 is 1.15 bits per heavy atom. The second-order valence-electron chi connectivity index (χ2n) is 7.07. The average molecular weight is 363 g/mol. The van der Waals surface area contributed by atoms with Gasteiger partial charge >= 0.3 is 5.97 Å². The lowest BCUT2D eigenvalue weighted by molar-refractivity contribution is -0.143. The molecule has 1 saturated carbocycles. The Bertz CT molecular complexity index is 623. The fourth-order valence-electron chi connectivity index (χ4n) is 3.17. The summed E-state index contributed by atoms with van der Waals surface area (Å²) in [6.07, 6.45) is 5.01. The molecule has 1 amide bonds. The standard InChI is InChI=1S/C20H29NO5/c1-13(2)11-16(20(23)25-4)21-19(22)14-9-10-17(24-3)18(12-14)26-15-7-5-6-8-15/h9-10,12-13,15-16H,5-8,11H2,1-4H3,(H,21,22). The molecule has 1 N–H and O–H groups in total. The van der Waals surface area contributed by atoms with E-state index in [0.717, 1.165) is 25.7 Å². The van der Waals surface area contributed by atoms with Gasteiger partial charge in [-0.05, 0) is 56.2 Å². The zero-order valence-electron chi connectivity index (χ0n) is 16.0. The van der Waals surface area contributed by atoms with Gasteiger partial charge in [-0.25, -0.2) is 4.79 Å². The highest BCUT2D eigenvalue weighted by molar-refractivity contribution is 5.97. The molecule has 1 aromatic rings. The van der Waals surface area contributed by atoms with Crippen molar-refractivity contribution < 1.29 is 23.8 Å². The predicted molar refractivity (Wildman–Crippen MR) is 98.6 cm³/mol. The highest BCUT2D eigenvalue weighted by Gasteiger charge is 2.24. The third-order valence-electron chi connectivity index (χ3n) is 4.52. The van der Waals surface area contributed by atoms with Gasteiger partial charge in [0.25, 0.3) is 5.91 Å². The van der Waals surface area contributed by atoms with Crippen LogP contribution in [0.25, 0.3) is 0 Å². The zero-order valence-corrected chi connectivity index (χ0v) is 16.0. The number of hydrogen-bond acceptors (Lipinski definition) is 5. The Kier molecular flexibility index (Phi) is 7.30. The Morgan fingerprint density at radius 2 is 1.85 bits per heavy atom. The quantitative estimate of drug-likeness (QED) is 0.717. The maximum absolute atomic E-state index is 12.6. The predicted octanol–water partition coefficient (Wildman–Crippen LogP) is 3.33. The van der Waals surface area contributed by atoms with Crippen molar-refractivity contribution in [1.82, 2.24) is 5.32 Å². The summed E-state index contributed by atoms with van der Waals surface area (Å²) in [5.41, 5.74) is 0.427. The number of hydrogen-bond donors (Lipinski definition) is 1. The molecule has 6 heteroatoms. The number of rotatable bonds is 8. The first-order valence-corrected chi connectivity index (χ1v) is 9.18. The van der Waals surface area contributed by atoms with E-state index in [1.807, 2.05) is 13.8 Å². The van der Waals surface area contributed by atoms with Gasteiger partial charge in [0.15, 0.2) is 11.5 Å². The summed E-state index contributed by atoms with van der Waals surface area (Å²) in [6.45, 7) is 3.98. The summed E-state index contributed by atoms with van der Waals surface area (Å²) in [4.78, 5) is 24.6. The summed E-state index contributed by atoms with van der Waals surface area (Å²) >= 11 is 0. The minimum absolute atomic E-state index is 0.158. The van der Waals surface area contributed by atoms with Crippen LogP contribution >= 0.6 is 0 Å². The van der Waals surface area contributed by atoms with Crippen molar-refractivity contribution in [2.45, 2.75) is 58.1 Å². The number of amides is 1. The van der Waals surface area contributed by atoms with Gasteiger partial charge in [0.05, 0.1) is 20.3 Å². The molecule has 1 fully saturated rings. The minimum atomic E-state index is -0.672. The topological polar surface area (TPSA) is 73.9 Å². The SMILES string of the molecule is COC(=O)C(CC(C)C)NC(=O)c1ccc(OC)c(OC2CCCC2)c1. The van der Waals surface area contributed by atoms with Crippen LogP contribution in [-0.2, 0) is 9.53 Å². The van der Waals surface area contributed by atoms with E-state index in [0.29, 0.717) is 23.5 Å². The molecule has 1 atom stereocenters. The molecule has 2 rings (SSSR count). The Labute approximate surface area is 155 Å². The molecule has 0 spiro atoms. The normalized spacial score (nSPS) is 15.6. The van der Waals surface area contributed by atoms with E-state index >= 15 is 0 Å². The van der Waals surface area contributed by atoms with Crippen molar-refractivity contribution in [3.63, 3.8) is 0 Å². The fraction of sp³-hybridized carbons (Fsp3) is 0.600. The Morgan fingerprint density at radius 3 is 2.42 bits per heavy atom. The second kappa shape index (κ2) is 9.46. The molecule has 0 aliphatic heterocycles. The van der Waals surface area contributed by atoms with Gasteiger partial charge in [-0.3, -0.25) is 4.79 Å². The van der Waals surface area contributed by atoms with E-state index in [1.54, 1.807) is 25.3 Å². The maximum Gasteiger partial charge on any atom is 0.328 e. The van der Waals surface area contributed by atoms with Crippen LogP contribution in [0, 0.1) is 5.92 Å². The number of carbonyl (C=O) groups is 2. The third kappa shape index (κ3) is 5.38. The van der Waals surface area contributed by atoms with Crippen LogP contribution < -0.4 is 14.8 Å².